The lowest BCUT2D eigenvalue weighted by Gasteiger charge is -2.08. The molecule has 1 aliphatic rings. The minimum Gasteiger partial charge on any atom is -0.326 e. The van der Waals surface area contributed by atoms with Crippen molar-refractivity contribution in [2.75, 3.05) is 17.7 Å². The van der Waals surface area contributed by atoms with Gasteiger partial charge in [0, 0.05) is 30.9 Å². The molecule has 0 saturated carbocycles. The van der Waals surface area contributed by atoms with Crippen LogP contribution in [-0.2, 0) is 4.79 Å². The van der Waals surface area contributed by atoms with Gasteiger partial charge in [0.1, 0.15) is 0 Å². The first-order chi connectivity index (χ1) is 11.9. The van der Waals surface area contributed by atoms with Crippen LogP contribution in [0.2, 0.25) is 0 Å². The summed E-state index contributed by atoms with van der Waals surface area (Å²) in [5, 5.41) is 5.29. The Kier molecular flexibility index (Phi) is 4.06. The summed E-state index contributed by atoms with van der Waals surface area (Å²) in [5.41, 5.74) is 1.85. The van der Waals surface area contributed by atoms with E-state index in [0.29, 0.717) is 22.5 Å². The number of carbonyl (C=O) groups excluding carboxylic acids is 4. The van der Waals surface area contributed by atoms with E-state index >= 15 is 0 Å². The number of benzene rings is 2. The largest absolute Gasteiger partial charge is 0.326 e. The summed E-state index contributed by atoms with van der Waals surface area (Å²) in [6, 6.07) is 11.0. The van der Waals surface area contributed by atoms with Gasteiger partial charge in [0.2, 0.25) is 5.91 Å². The van der Waals surface area contributed by atoms with E-state index in [-0.39, 0.29) is 17.4 Å². The van der Waals surface area contributed by atoms with Crippen LogP contribution in [0, 0.1) is 0 Å². The summed E-state index contributed by atoms with van der Waals surface area (Å²) in [5.74, 6) is -1.38. The Balaban J connectivity index is 1.82. The van der Waals surface area contributed by atoms with Crippen molar-refractivity contribution in [2.24, 2.45) is 0 Å². The van der Waals surface area contributed by atoms with E-state index in [1.54, 1.807) is 30.3 Å². The molecule has 0 radical (unpaired) electrons. The fourth-order valence-electron chi connectivity index (χ4n) is 2.58. The van der Waals surface area contributed by atoms with Crippen molar-refractivity contribution in [3.05, 3.63) is 59.2 Å². The highest BCUT2D eigenvalue weighted by Crippen LogP contribution is 2.25. The first-order valence-corrected chi connectivity index (χ1v) is 7.52. The van der Waals surface area contributed by atoms with E-state index in [2.05, 4.69) is 10.6 Å². The van der Waals surface area contributed by atoms with Crippen LogP contribution in [0.5, 0.6) is 0 Å². The number of rotatable bonds is 3. The number of amides is 4. The maximum absolute atomic E-state index is 12.4. The second kappa shape index (κ2) is 6.20. The van der Waals surface area contributed by atoms with E-state index in [1.807, 2.05) is 0 Å². The number of nitrogens with one attached hydrogen (secondary N) is 2. The normalized spacial score (nSPS) is 12.8. The first kappa shape index (κ1) is 16.4. The van der Waals surface area contributed by atoms with Crippen molar-refractivity contribution < 1.29 is 19.2 Å². The molecule has 2 aromatic carbocycles. The van der Waals surface area contributed by atoms with Gasteiger partial charge in [0.25, 0.3) is 17.7 Å². The Bertz CT molecular complexity index is 920. The number of hydrogen-bond acceptors (Lipinski definition) is 4. The zero-order valence-electron chi connectivity index (χ0n) is 13.6. The van der Waals surface area contributed by atoms with E-state index in [4.69, 9.17) is 0 Å². The number of carbonyl (C=O) groups is 4. The smallest absolute Gasteiger partial charge is 0.261 e. The highest BCUT2D eigenvalue weighted by molar-refractivity contribution is 6.21. The second-order valence-corrected chi connectivity index (χ2v) is 5.65. The second-order valence-electron chi connectivity index (χ2n) is 5.65. The van der Waals surface area contributed by atoms with Gasteiger partial charge in [-0.25, -0.2) is 0 Å². The van der Waals surface area contributed by atoms with E-state index in [0.717, 1.165) is 4.90 Å². The maximum Gasteiger partial charge on any atom is 0.261 e. The molecular formula is C18H15N3O4. The van der Waals surface area contributed by atoms with Crippen LogP contribution in [-0.4, -0.2) is 35.6 Å². The summed E-state index contributed by atoms with van der Waals surface area (Å²) < 4.78 is 0. The molecule has 25 heavy (non-hydrogen) atoms. The van der Waals surface area contributed by atoms with Gasteiger partial charge >= 0.3 is 0 Å². The molecule has 1 heterocycles. The predicted molar refractivity (Wildman–Crippen MR) is 91.6 cm³/mol. The first-order valence-electron chi connectivity index (χ1n) is 7.52. The van der Waals surface area contributed by atoms with E-state index in [1.165, 1.54) is 26.1 Å². The van der Waals surface area contributed by atoms with E-state index in [9.17, 15) is 19.2 Å². The van der Waals surface area contributed by atoms with E-state index < -0.39 is 11.8 Å². The third kappa shape index (κ3) is 3.12. The van der Waals surface area contributed by atoms with Crippen molar-refractivity contribution in [3.63, 3.8) is 0 Å². The quantitative estimate of drug-likeness (QED) is 0.839. The summed E-state index contributed by atoms with van der Waals surface area (Å²) >= 11 is 0. The number of fused-ring (bicyclic) bond motifs is 1. The van der Waals surface area contributed by atoms with Gasteiger partial charge < -0.3 is 10.6 Å². The van der Waals surface area contributed by atoms with Crippen molar-refractivity contribution in [2.45, 2.75) is 6.92 Å². The minimum absolute atomic E-state index is 0.233. The van der Waals surface area contributed by atoms with Gasteiger partial charge in [-0.3, -0.25) is 24.1 Å². The highest BCUT2D eigenvalue weighted by Gasteiger charge is 2.32. The SMILES string of the molecule is CC(=O)Nc1cccc(C(=O)Nc2ccc3c(c2)C(=O)N(C)C3=O)c1. The number of anilines is 2. The molecule has 0 unspecified atom stereocenters. The molecule has 3 rings (SSSR count). The van der Waals surface area contributed by atoms with Gasteiger partial charge in [0.15, 0.2) is 0 Å². The Hall–Kier alpha value is -3.48. The van der Waals surface area contributed by atoms with Crippen LogP contribution in [0.3, 0.4) is 0 Å². The van der Waals surface area contributed by atoms with Crippen molar-refractivity contribution in [3.8, 4) is 0 Å². The lowest BCUT2D eigenvalue weighted by atomic mass is 10.1. The topological polar surface area (TPSA) is 95.6 Å². The zero-order chi connectivity index (χ0) is 18.1. The third-order valence-electron chi connectivity index (χ3n) is 3.79. The Labute approximate surface area is 143 Å². The standard InChI is InChI=1S/C18H15N3O4/c1-10(22)19-12-5-3-4-11(8-12)16(23)20-13-6-7-14-15(9-13)18(25)21(2)17(14)24/h3-9H,1-2H3,(H,19,22)(H,20,23). The zero-order valence-corrected chi connectivity index (χ0v) is 13.6. The van der Waals surface area contributed by atoms with Gasteiger partial charge in [-0.05, 0) is 36.4 Å². The molecule has 1 aliphatic heterocycles. The van der Waals surface area contributed by atoms with Crippen LogP contribution >= 0.6 is 0 Å². The van der Waals surface area contributed by atoms with Crippen LogP contribution in [0.1, 0.15) is 38.0 Å². The molecule has 0 fully saturated rings. The molecule has 7 nitrogen and oxygen atoms in total. The highest BCUT2D eigenvalue weighted by atomic mass is 16.2. The average Bonchev–Trinajstić information content (AvgIpc) is 2.79. The van der Waals surface area contributed by atoms with Gasteiger partial charge in [-0.15, -0.1) is 0 Å². The fourth-order valence-corrected chi connectivity index (χ4v) is 2.58. The summed E-state index contributed by atoms with van der Waals surface area (Å²) in [7, 11) is 1.41. The fraction of sp³-hybridized carbons (Fsp3) is 0.111. The summed E-state index contributed by atoms with van der Waals surface area (Å²) in [4.78, 5) is 48.4. The van der Waals surface area contributed by atoms with Crippen molar-refractivity contribution in [1.29, 1.82) is 0 Å². The Morgan fingerprint density at radius 2 is 1.56 bits per heavy atom. The molecule has 2 N–H and O–H groups in total. The average molecular weight is 337 g/mol. The molecule has 0 aliphatic carbocycles. The lowest BCUT2D eigenvalue weighted by Crippen LogP contribution is -2.24. The lowest BCUT2D eigenvalue weighted by molar-refractivity contribution is -0.114. The van der Waals surface area contributed by atoms with Gasteiger partial charge in [0.05, 0.1) is 11.1 Å². The summed E-state index contributed by atoms with van der Waals surface area (Å²) in [6.07, 6.45) is 0. The number of hydrogen-bond donors (Lipinski definition) is 2. The van der Waals surface area contributed by atoms with Crippen molar-refractivity contribution in [1.82, 2.24) is 4.90 Å². The molecule has 4 amide bonds. The Morgan fingerprint density at radius 1 is 0.880 bits per heavy atom. The molecule has 7 heteroatoms. The van der Waals surface area contributed by atoms with Crippen LogP contribution in [0.25, 0.3) is 0 Å². The monoisotopic (exact) mass is 337 g/mol. The minimum atomic E-state index is -0.399. The molecule has 0 atom stereocenters. The Morgan fingerprint density at radius 3 is 2.28 bits per heavy atom. The maximum atomic E-state index is 12.4. The van der Waals surface area contributed by atoms with Crippen LogP contribution in [0.15, 0.2) is 42.5 Å². The van der Waals surface area contributed by atoms with Crippen molar-refractivity contribution >= 4 is 35.0 Å². The molecule has 0 bridgehead atoms. The molecular weight excluding hydrogens is 322 g/mol. The number of nitrogens with zero attached hydrogens (tertiary/aromatic N) is 1. The van der Waals surface area contributed by atoms with Gasteiger partial charge in [-0.1, -0.05) is 6.07 Å². The molecule has 126 valence electrons. The third-order valence-corrected chi connectivity index (χ3v) is 3.79. The molecule has 0 spiro atoms. The molecule has 2 aromatic rings. The summed E-state index contributed by atoms with van der Waals surface area (Å²) in [6.45, 7) is 1.38. The predicted octanol–water partition coefficient (Wildman–Crippen LogP) is 2.12. The number of imide groups is 1. The molecule has 0 aromatic heterocycles. The van der Waals surface area contributed by atoms with Crippen LogP contribution < -0.4 is 10.6 Å². The van der Waals surface area contributed by atoms with Crippen LogP contribution in [0.4, 0.5) is 11.4 Å². The molecule has 0 saturated heterocycles. The van der Waals surface area contributed by atoms with Gasteiger partial charge in [-0.2, -0.15) is 0 Å².